The molecule has 11 rings (SSSR count). The average Bonchev–Trinajstić information content (AvgIpc) is 3.89. The number of para-hydroxylation sites is 4. The molecule has 0 saturated carbocycles. The van der Waals surface area contributed by atoms with E-state index < -0.39 is 0 Å². The Morgan fingerprint density at radius 3 is 1.76 bits per heavy atom. The Morgan fingerprint density at radius 2 is 0.922 bits per heavy atom. The molecule has 0 aliphatic carbocycles. The SMILES string of the molecule is c1ccc(C2NC(c3ccc4oc5ccccc5c4c3)NC(c3cccc4c3oc3ccc(-c5cccc6c5oc5ccccc56)cc34)N2)cc1. The van der Waals surface area contributed by atoms with Crippen molar-refractivity contribution in [2.45, 2.75) is 18.5 Å². The van der Waals surface area contributed by atoms with Gasteiger partial charge in [-0.05, 0) is 53.1 Å². The van der Waals surface area contributed by atoms with Crippen molar-refractivity contribution in [2.24, 2.45) is 0 Å². The first-order chi connectivity index (χ1) is 25.2. The van der Waals surface area contributed by atoms with E-state index in [0.29, 0.717) is 0 Å². The molecule has 3 unspecified atom stereocenters. The van der Waals surface area contributed by atoms with Gasteiger partial charge in [0, 0.05) is 43.4 Å². The summed E-state index contributed by atoms with van der Waals surface area (Å²) in [6.45, 7) is 0. The number of benzene rings is 7. The van der Waals surface area contributed by atoms with Crippen LogP contribution in [-0.2, 0) is 0 Å². The zero-order chi connectivity index (χ0) is 33.5. The van der Waals surface area contributed by atoms with E-state index in [2.05, 4.69) is 143 Å². The molecule has 1 saturated heterocycles. The fourth-order valence-electron chi connectivity index (χ4n) is 7.97. The lowest BCUT2D eigenvalue weighted by Crippen LogP contribution is -2.54. The molecule has 0 bridgehead atoms. The van der Waals surface area contributed by atoms with Gasteiger partial charge in [-0.3, -0.25) is 16.0 Å². The quantitative estimate of drug-likeness (QED) is 0.174. The van der Waals surface area contributed by atoms with E-state index in [4.69, 9.17) is 13.3 Å². The van der Waals surface area contributed by atoms with E-state index in [0.717, 1.165) is 93.6 Å². The predicted octanol–water partition coefficient (Wildman–Crippen LogP) is 11.2. The van der Waals surface area contributed by atoms with Crippen LogP contribution >= 0.6 is 0 Å². The number of furan rings is 3. The molecule has 0 spiro atoms. The topological polar surface area (TPSA) is 75.5 Å². The van der Waals surface area contributed by atoms with Gasteiger partial charge in [0.1, 0.15) is 33.5 Å². The van der Waals surface area contributed by atoms with E-state index >= 15 is 0 Å². The highest BCUT2D eigenvalue weighted by Gasteiger charge is 2.32. The Balaban J connectivity index is 1.02. The minimum Gasteiger partial charge on any atom is -0.456 e. The van der Waals surface area contributed by atoms with Crippen LogP contribution in [-0.4, -0.2) is 0 Å². The van der Waals surface area contributed by atoms with Crippen LogP contribution in [0.25, 0.3) is 76.9 Å². The Kier molecular flexibility index (Phi) is 6.27. The second-order valence-corrected chi connectivity index (χ2v) is 13.4. The molecule has 1 aliphatic heterocycles. The van der Waals surface area contributed by atoms with Gasteiger partial charge in [-0.15, -0.1) is 0 Å². The van der Waals surface area contributed by atoms with Gasteiger partial charge in [-0.1, -0.05) is 115 Å². The third-order valence-corrected chi connectivity index (χ3v) is 10.4. The van der Waals surface area contributed by atoms with Gasteiger partial charge >= 0.3 is 0 Å². The summed E-state index contributed by atoms with van der Waals surface area (Å²) < 4.78 is 19.3. The van der Waals surface area contributed by atoms with Crippen molar-refractivity contribution in [2.75, 3.05) is 0 Å². The van der Waals surface area contributed by atoms with E-state index in [9.17, 15) is 0 Å². The van der Waals surface area contributed by atoms with Gasteiger partial charge in [0.15, 0.2) is 0 Å². The summed E-state index contributed by atoms with van der Waals surface area (Å²) in [5.74, 6) is 0. The zero-order valence-electron chi connectivity index (χ0n) is 27.4. The van der Waals surface area contributed by atoms with Gasteiger partial charge in [0.2, 0.25) is 0 Å². The van der Waals surface area contributed by atoms with E-state index in [1.807, 2.05) is 24.3 Å². The maximum Gasteiger partial charge on any atom is 0.143 e. The van der Waals surface area contributed by atoms with Crippen LogP contribution in [0.15, 0.2) is 165 Å². The molecule has 0 amide bonds. The Hall–Kier alpha value is -6.18. The minimum absolute atomic E-state index is 0.116. The highest BCUT2D eigenvalue weighted by molar-refractivity contribution is 6.12. The minimum atomic E-state index is -0.216. The average molecular weight is 662 g/mol. The maximum absolute atomic E-state index is 6.70. The Morgan fingerprint density at radius 1 is 0.353 bits per heavy atom. The monoisotopic (exact) mass is 661 g/mol. The summed E-state index contributed by atoms with van der Waals surface area (Å²) >= 11 is 0. The van der Waals surface area contributed by atoms with Crippen LogP contribution in [0, 0.1) is 0 Å². The number of hydrogen-bond donors (Lipinski definition) is 3. The van der Waals surface area contributed by atoms with E-state index in [-0.39, 0.29) is 18.5 Å². The lowest BCUT2D eigenvalue weighted by molar-refractivity contribution is 0.203. The van der Waals surface area contributed by atoms with Crippen LogP contribution in [0.3, 0.4) is 0 Å². The molecule has 0 radical (unpaired) electrons. The van der Waals surface area contributed by atoms with Gasteiger partial charge in [-0.25, -0.2) is 0 Å². The maximum atomic E-state index is 6.70. The molecule has 3 N–H and O–H groups in total. The fourth-order valence-corrected chi connectivity index (χ4v) is 7.97. The molecule has 3 aromatic heterocycles. The standard InChI is InChI=1S/C45H31N3O3/c1-2-10-26(11-3-1)43-46-44(28-21-23-39-35(25-28)31-13-5-6-18-37(31)49-39)48-45(47-43)34-17-9-16-33-36-24-27(20-22-40(36)51-42(33)34)29-14-8-15-32-30-12-4-7-19-38(30)50-41(29)32/h1-25,43-48H. The van der Waals surface area contributed by atoms with Crippen molar-refractivity contribution in [1.29, 1.82) is 0 Å². The van der Waals surface area contributed by atoms with Crippen molar-refractivity contribution in [3.8, 4) is 11.1 Å². The lowest BCUT2D eigenvalue weighted by atomic mass is 9.99. The Bertz CT molecular complexity index is 2940. The molecule has 6 nitrogen and oxygen atoms in total. The normalized spacial score (nSPS) is 18.2. The molecule has 10 aromatic rings. The van der Waals surface area contributed by atoms with Gasteiger partial charge < -0.3 is 13.3 Å². The summed E-state index contributed by atoms with van der Waals surface area (Å²) in [6, 6.07) is 52.7. The van der Waals surface area contributed by atoms with Crippen LogP contribution in [0.4, 0.5) is 0 Å². The third kappa shape index (κ3) is 4.55. The van der Waals surface area contributed by atoms with E-state index in [1.54, 1.807) is 0 Å². The lowest BCUT2D eigenvalue weighted by Gasteiger charge is -2.39. The molecule has 7 aromatic carbocycles. The van der Waals surface area contributed by atoms with E-state index in [1.165, 1.54) is 0 Å². The number of hydrogen-bond acceptors (Lipinski definition) is 6. The van der Waals surface area contributed by atoms with Crippen LogP contribution in [0.1, 0.15) is 35.2 Å². The summed E-state index contributed by atoms with van der Waals surface area (Å²) in [5, 5.41) is 18.1. The van der Waals surface area contributed by atoms with Gasteiger partial charge in [0.25, 0.3) is 0 Å². The second kappa shape index (κ2) is 11.2. The molecule has 51 heavy (non-hydrogen) atoms. The number of fused-ring (bicyclic) bond motifs is 9. The molecule has 1 aliphatic rings. The van der Waals surface area contributed by atoms with Crippen LogP contribution in [0.5, 0.6) is 0 Å². The molecule has 4 heterocycles. The summed E-state index contributed by atoms with van der Waals surface area (Å²) in [5.41, 5.74) is 10.8. The van der Waals surface area contributed by atoms with Crippen molar-refractivity contribution in [3.05, 3.63) is 168 Å². The van der Waals surface area contributed by atoms with Crippen molar-refractivity contribution >= 4 is 65.8 Å². The van der Waals surface area contributed by atoms with Crippen molar-refractivity contribution < 1.29 is 13.3 Å². The Labute approximate surface area is 292 Å². The first kappa shape index (κ1) is 28.6. The zero-order valence-corrected chi connectivity index (χ0v) is 27.4. The molecule has 244 valence electrons. The molecular weight excluding hydrogens is 631 g/mol. The predicted molar refractivity (Wildman–Crippen MR) is 204 cm³/mol. The van der Waals surface area contributed by atoms with Crippen molar-refractivity contribution in [1.82, 2.24) is 16.0 Å². The second-order valence-electron chi connectivity index (χ2n) is 13.4. The third-order valence-electron chi connectivity index (χ3n) is 10.4. The summed E-state index contributed by atoms with van der Waals surface area (Å²) in [6.07, 6.45) is -0.490. The fraction of sp³-hybridized carbons (Fsp3) is 0.0667. The first-order valence-corrected chi connectivity index (χ1v) is 17.4. The first-order valence-electron chi connectivity index (χ1n) is 17.4. The highest BCUT2D eigenvalue weighted by atomic mass is 16.3. The molecule has 6 heteroatoms. The number of rotatable bonds is 4. The van der Waals surface area contributed by atoms with Gasteiger partial charge in [-0.2, -0.15) is 0 Å². The molecular formula is C45H31N3O3. The summed E-state index contributed by atoms with van der Waals surface area (Å²) in [7, 11) is 0. The smallest absolute Gasteiger partial charge is 0.143 e. The molecule has 3 atom stereocenters. The largest absolute Gasteiger partial charge is 0.456 e. The van der Waals surface area contributed by atoms with Gasteiger partial charge in [0.05, 0.1) is 18.5 Å². The molecule has 1 fully saturated rings. The van der Waals surface area contributed by atoms with Crippen molar-refractivity contribution in [3.63, 3.8) is 0 Å². The highest BCUT2D eigenvalue weighted by Crippen LogP contribution is 2.40. The summed E-state index contributed by atoms with van der Waals surface area (Å²) in [4.78, 5) is 0. The number of nitrogens with one attached hydrogen (secondary N) is 3. The van der Waals surface area contributed by atoms with Crippen LogP contribution in [0.2, 0.25) is 0 Å². The van der Waals surface area contributed by atoms with Crippen LogP contribution < -0.4 is 16.0 Å².